The molecule has 1 rings (SSSR count). The van der Waals surface area contributed by atoms with Crippen LogP contribution >= 0.6 is 0 Å². The van der Waals surface area contributed by atoms with Crippen LogP contribution in [0.3, 0.4) is 0 Å². The predicted octanol–water partition coefficient (Wildman–Crippen LogP) is 1.35. The third-order valence-electron chi connectivity index (χ3n) is 2.91. The third kappa shape index (κ3) is 4.76. The van der Waals surface area contributed by atoms with E-state index < -0.39 is 33.0 Å². The smallest absolute Gasteiger partial charge is 0.338 e. The number of nitrogens with one attached hydrogen (secondary N) is 1. The number of rotatable bonds is 7. The number of hydrogen-bond donors (Lipinski definition) is 3. The number of aromatic carboxylic acids is 1. The van der Waals surface area contributed by atoms with E-state index >= 15 is 0 Å². The van der Waals surface area contributed by atoms with Crippen molar-refractivity contribution in [3.63, 3.8) is 0 Å². The van der Waals surface area contributed by atoms with Gasteiger partial charge in [0.25, 0.3) is 0 Å². The minimum atomic E-state index is -4.02. The molecule has 0 aliphatic rings. The number of halogens is 1. The van der Waals surface area contributed by atoms with Gasteiger partial charge in [-0.1, -0.05) is 13.3 Å². The lowest BCUT2D eigenvalue weighted by molar-refractivity contribution is 0.0554. The molecule has 1 aromatic carbocycles. The third-order valence-corrected chi connectivity index (χ3v) is 4.31. The van der Waals surface area contributed by atoms with E-state index in [4.69, 9.17) is 5.11 Å². The van der Waals surface area contributed by atoms with E-state index in [1.807, 2.05) is 6.92 Å². The first-order valence-electron chi connectivity index (χ1n) is 6.34. The fourth-order valence-corrected chi connectivity index (χ4v) is 2.98. The summed E-state index contributed by atoms with van der Waals surface area (Å²) in [5.41, 5.74) is -1.93. The van der Waals surface area contributed by atoms with Gasteiger partial charge in [0.2, 0.25) is 10.0 Å². The molecule has 0 saturated heterocycles. The van der Waals surface area contributed by atoms with Crippen LogP contribution in [0.4, 0.5) is 4.39 Å². The van der Waals surface area contributed by atoms with Gasteiger partial charge in [-0.25, -0.2) is 22.3 Å². The van der Waals surface area contributed by atoms with Crippen molar-refractivity contribution in [3.05, 3.63) is 29.6 Å². The Hall–Kier alpha value is -1.51. The summed E-state index contributed by atoms with van der Waals surface area (Å²) in [6.07, 6.45) is 1.08. The van der Waals surface area contributed by atoms with Crippen LogP contribution in [0.2, 0.25) is 0 Å². The molecule has 118 valence electrons. The molecule has 0 saturated carbocycles. The van der Waals surface area contributed by atoms with Crippen LogP contribution in [0, 0.1) is 5.82 Å². The minimum Gasteiger partial charge on any atom is -0.478 e. The van der Waals surface area contributed by atoms with Gasteiger partial charge in [0, 0.05) is 6.54 Å². The lowest BCUT2D eigenvalue weighted by Gasteiger charge is -2.22. The fraction of sp³-hybridized carbons (Fsp3) is 0.462. The molecule has 0 aliphatic heterocycles. The van der Waals surface area contributed by atoms with Gasteiger partial charge < -0.3 is 10.2 Å². The van der Waals surface area contributed by atoms with Crippen LogP contribution < -0.4 is 4.72 Å². The average molecular weight is 319 g/mol. The monoisotopic (exact) mass is 319 g/mol. The summed E-state index contributed by atoms with van der Waals surface area (Å²) >= 11 is 0. The molecule has 0 amide bonds. The van der Waals surface area contributed by atoms with Crippen LogP contribution in [-0.2, 0) is 10.0 Å². The van der Waals surface area contributed by atoms with Crippen LogP contribution in [0.1, 0.15) is 37.0 Å². The second kappa shape index (κ2) is 6.50. The molecule has 21 heavy (non-hydrogen) atoms. The van der Waals surface area contributed by atoms with Gasteiger partial charge in [0.05, 0.1) is 16.1 Å². The second-order valence-electron chi connectivity index (χ2n) is 5.02. The minimum absolute atomic E-state index is 0.219. The molecule has 0 heterocycles. The van der Waals surface area contributed by atoms with Gasteiger partial charge in [0.15, 0.2) is 0 Å². The highest BCUT2D eigenvalue weighted by Gasteiger charge is 2.24. The highest BCUT2D eigenvalue weighted by Crippen LogP contribution is 2.17. The van der Waals surface area contributed by atoms with E-state index in [9.17, 15) is 22.7 Å². The number of hydrogen-bond acceptors (Lipinski definition) is 4. The van der Waals surface area contributed by atoms with Crippen molar-refractivity contribution in [1.82, 2.24) is 4.72 Å². The summed E-state index contributed by atoms with van der Waals surface area (Å²) in [6.45, 7) is 3.12. The van der Waals surface area contributed by atoms with Crippen molar-refractivity contribution in [2.45, 2.75) is 37.2 Å². The van der Waals surface area contributed by atoms with Gasteiger partial charge in [-0.2, -0.15) is 0 Å². The van der Waals surface area contributed by atoms with Gasteiger partial charge >= 0.3 is 5.97 Å². The summed E-state index contributed by atoms with van der Waals surface area (Å²) in [5, 5.41) is 18.7. The van der Waals surface area contributed by atoms with Gasteiger partial charge in [-0.05, 0) is 31.5 Å². The molecule has 0 spiro atoms. The Labute approximate surface area is 122 Å². The summed E-state index contributed by atoms with van der Waals surface area (Å²) in [5.74, 6) is -2.57. The molecule has 8 heteroatoms. The molecule has 0 fully saturated rings. The highest BCUT2D eigenvalue weighted by atomic mass is 32.2. The molecule has 1 unspecified atom stereocenters. The Bertz CT molecular complexity index is 627. The van der Waals surface area contributed by atoms with Crippen molar-refractivity contribution >= 4 is 16.0 Å². The van der Waals surface area contributed by atoms with Gasteiger partial charge in [0.1, 0.15) is 5.82 Å². The molecule has 1 atom stereocenters. The number of benzene rings is 1. The number of carboxylic acid groups (broad SMARTS) is 1. The fourth-order valence-electron chi connectivity index (χ4n) is 1.80. The SMILES string of the molecule is CCCC(C)(O)CNS(=O)(=O)c1ccc(F)c(C(=O)O)c1. The van der Waals surface area contributed by atoms with Gasteiger partial charge in [-0.3, -0.25) is 0 Å². The van der Waals surface area contributed by atoms with Crippen LogP contribution in [0.25, 0.3) is 0 Å². The standard InChI is InChI=1S/C13H18FNO5S/c1-3-6-13(2,18)8-15-21(19,20)9-4-5-11(14)10(7-9)12(16)17/h4-5,7,15,18H,3,6,8H2,1-2H3,(H,16,17). The Balaban J connectivity index is 2.99. The first-order valence-corrected chi connectivity index (χ1v) is 7.82. The molecule has 0 aromatic heterocycles. The van der Waals surface area contributed by atoms with E-state index in [0.29, 0.717) is 12.8 Å². The molecular weight excluding hydrogens is 301 g/mol. The highest BCUT2D eigenvalue weighted by molar-refractivity contribution is 7.89. The van der Waals surface area contributed by atoms with E-state index in [2.05, 4.69) is 4.72 Å². The Kier molecular flexibility index (Phi) is 5.43. The molecule has 0 aliphatic carbocycles. The van der Waals surface area contributed by atoms with Crippen molar-refractivity contribution < 1.29 is 27.8 Å². The van der Waals surface area contributed by atoms with E-state index in [0.717, 1.165) is 18.2 Å². The predicted molar refractivity (Wildman–Crippen MR) is 74.1 cm³/mol. The summed E-state index contributed by atoms with van der Waals surface area (Å²) in [4.78, 5) is 10.4. The number of aliphatic hydroxyl groups is 1. The normalized spacial score (nSPS) is 14.7. The van der Waals surface area contributed by atoms with E-state index in [-0.39, 0.29) is 11.4 Å². The first kappa shape index (κ1) is 17.5. The maximum atomic E-state index is 13.2. The van der Waals surface area contributed by atoms with Crippen molar-refractivity contribution in [1.29, 1.82) is 0 Å². The molecule has 0 radical (unpaired) electrons. The van der Waals surface area contributed by atoms with E-state index in [1.165, 1.54) is 6.92 Å². The first-order chi connectivity index (χ1) is 9.59. The summed E-state index contributed by atoms with van der Waals surface area (Å²) in [6, 6.07) is 2.50. The van der Waals surface area contributed by atoms with Crippen LogP contribution in [0.5, 0.6) is 0 Å². The van der Waals surface area contributed by atoms with Crippen molar-refractivity contribution in [2.75, 3.05) is 6.54 Å². The maximum Gasteiger partial charge on any atom is 0.338 e. The van der Waals surface area contributed by atoms with Crippen molar-refractivity contribution in [3.8, 4) is 0 Å². The molecule has 6 nitrogen and oxygen atoms in total. The Morgan fingerprint density at radius 1 is 1.43 bits per heavy atom. The number of sulfonamides is 1. The maximum absolute atomic E-state index is 13.2. The zero-order valence-corrected chi connectivity index (χ0v) is 12.6. The molecule has 0 bridgehead atoms. The van der Waals surface area contributed by atoms with Gasteiger partial charge in [-0.15, -0.1) is 0 Å². The lowest BCUT2D eigenvalue weighted by Crippen LogP contribution is -2.40. The molecule has 1 aromatic rings. The van der Waals surface area contributed by atoms with Crippen LogP contribution in [0.15, 0.2) is 23.1 Å². The zero-order valence-electron chi connectivity index (χ0n) is 11.8. The molecular formula is C13H18FNO5S. The summed E-state index contributed by atoms with van der Waals surface area (Å²) in [7, 11) is -4.02. The van der Waals surface area contributed by atoms with Crippen LogP contribution in [-0.4, -0.2) is 36.7 Å². The Morgan fingerprint density at radius 3 is 2.57 bits per heavy atom. The quantitative estimate of drug-likeness (QED) is 0.704. The molecule has 3 N–H and O–H groups in total. The lowest BCUT2D eigenvalue weighted by atomic mass is 10.0. The average Bonchev–Trinajstić information content (AvgIpc) is 2.36. The van der Waals surface area contributed by atoms with E-state index in [1.54, 1.807) is 0 Å². The topological polar surface area (TPSA) is 104 Å². The second-order valence-corrected chi connectivity index (χ2v) is 6.79. The van der Waals surface area contributed by atoms with Crippen molar-refractivity contribution in [2.24, 2.45) is 0 Å². The number of carbonyl (C=O) groups is 1. The Morgan fingerprint density at radius 2 is 2.05 bits per heavy atom. The zero-order chi connectivity index (χ0) is 16.3. The number of carboxylic acids is 1. The summed E-state index contributed by atoms with van der Waals surface area (Å²) < 4.78 is 39.5. The largest absolute Gasteiger partial charge is 0.478 e.